The van der Waals surface area contributed by atoms with E-state index in [0.717, 1.165) is 27.6 Å². The first-order chi connectivity index (χ1) is 15.8. The smallest absolute Gasteiger partial charge is 0.235 e. The second-order valence-corrected chi connectivity index (χ2v) is 10.4. The molecule has 4 aromatic rings. The van der Waals surface area contributed by atoms with Gasteiger partial charge in [-0.3, -0.25) is 0 Å². The van der Waals surface area contributed by atoms with Gasteiger partial charge in [-0.15, -0.1) is 0 Å². The van der Waals surface area contributed by atoms with Gasteiger partial charge >= 0.3 is 0 Å². The number of hydrogen-bond donors (Lipinski definition) is 0. The van der Waals surface area contributed by atoms with Crippen LogP contribution in [0.4, 0.5) is 0 Å². The number of nitrogens with zero attached hydrogens (tertiary/aromatic N) is 3. The number of hydrogen-bond acceptors (Lipinski definition) is 4. The Labute approximate surface area is 198 Å². The van der Waals surface area contributed by atoms with Gasteiger partial charge in [0, 0.05) is 17.4 Å². The number of rotatable bonds is 4. The van der Waals surface area contributed by atoms with Crippen molar-refractivity contribution in [3.63, 3.8) is 0 Å². The average molecular weight is 476 g/mol. The molecular formula is C26H22ClN3O2S. The van der Waals surface area contributed by atoms with E-state index < -0.39 is 16.1 Å². The molecule has 0 saturated heterocycles. The van der Waals surface area contributed by atoms with Crippen LogP contribution in [0.3, 0.4) is 0 Å². The van der Waals surface area contributed by atoms with Crippen LogP contribution in [-0.4, -0.2) is 23.5 Å². The van der Waals surface area contributed by atoms with E-state index in [9.17, 15) is 8.42 Å². The lowest BCUT2D eigenvalue weighted by atomic mass is 9.98. The molecule has 0 N–H and O–H groups in total. The predicted octanol–water partition coefficient (Wildman–Crippen LogP) is 6.05. The minimum absolute atomic E-state index is 0.185. The van der Waals surface area contributed by atoms with Gasteiger partial charge in [-0.1, -0.05) is 77.8 Å². The number of pyridine rings is 1. The highest BCUT2D eigenvalue weighted by atomic mass is 35.5. The fourth-order valence-electron chi connectivity index (χ4n) is 4.14. The van der Waals surface area contributed by atoms with E-state index in [1.807, 2.05) is 62.4 Å². The fraction of sp³-hybridized carbons (Fsp3) is 0.154. The van der Waals surface area contributed by atoms with Crippen LogP contribution in [0, 0.1) is 13.8 Å². The van der Waals surface area contributed by atoms with E-state index in [4.69, 9.17) is 11.6 Å². The lowest BCUT2D eigenvalue weighted by Gasteiger charge is -2.24. The second-order valence-electron chi connectivity index (χ2n) is 8.24. The molecule has 0 aliphatic carbocycles. The zero-order valence-corrected chi connectivity index (χ0v) is 19.8. The summed E-state index contributed by atoms with van der Waals surface area (Å²) in [6.07, 6.45) is 0.397. The molecule has 0 fully saturated rings. The highest BCUT2D eigenvalue weighted by molar-refractivity contribution is 7.89. The third-order valence-electron chi connectivity index (χ3n) is 5.93. The number of benzene rings is 3. The van der Waals surface area contributed by atoms with Gasteiger partial charge in [0.15, 0.2) is 0 Å². The summed E-state index contributed by atoms with van der Waals surface area (Å²) in [5.74, 6) is 0. The number of aryl methyl sites for hydroxylation is 2. The quantitative estimate of drug-likeness (QED) is 0.338. The third-order valence-corrected chi connectivity index (χ3v) is 7.93. The molecule has 0 saturated carbocycles. The van der Waals surface area contributed by atoms with Crippen LogP contribution in [0.25, 0.3) is 10.9 Å². The first kappa shape index (κ1) is 21.6. The Bertz CT molecular complexity index is 1480. The summed E-state index contributed by atoms with van der Waals surface area (Å²) >= 11 is 6.65. The zero-order chi connectivity index (χ0) is 23.2. The van der Waals surface area contributed by atoms with Crippen LogP contribution in [0.2, 0.25) is 5.15 Å². The van der Waals surface area contributed by atoms with E-state index in [0.29, 0.717) is 17.7 Å². The SMILES string of the molecule is Cc1ccc(C2=NN(S(=O)(=O)c3ccccc3)[C@@H](c3cc4cccc(C)c4nc3Cl)C2)cc1. The van der Waals surface area contributed by atoms with Crippen molar-refractivity contribution in [1.82, 2.24) is 9.40 Å². The Morgan fingerprint density at radius 2 is 1.67 bits per heavy atom. The fourth-order valence-corrected chi connectivity index (χ4v) is 5.85. The minimum Gasteiger partial charge on any atom is -0.235 e. The largest absolute Gasteiger partial charge is 0.279 e. The first-order valence-electron chi connectivity index (χ1n) is 10.6. The van der Waals surface area contributed by atoms with Gasteiger partial charge in [-0.2, -0.15) is 17.9 Å². The Hall–Kier alpha value is -3.22. The van der Waals surface area contributed by atoms with Crippen molar-refractivity contribution in [3.05, 3.63) is 106 Å². The third kappa shape index (κ3) is 3.90. The van der Waals surface area contributed by atoms with Gasteiger partial charge in [0.05, 0.1) is 22.2 Å². The molecule has 1 aliphatic rings. The van der Waals surface area contributed by atoms with Crippen LogP contribution >= 0.6 is 11.6 Å². The Kier molecular flexibility index (Phi) is 5.43. The van der Waals surface area contributed by atoms with Gasteiger partial charge in [0.2, 0.25) is 0 Å². The van der Waals surface area contributed by atoms with Crippen LogP contribution < -0.4 is 0 Å². The van der Waals surface area contributed by atoms with Crippen molar-refractivity contribution in [3.8, 4) is 0 Å². The number of aromatic nitrogens is 1. The summed E-state index contributed by atoms with van der Waals surface area (Å²) in [6.45, 7) is 3.99. The molecular weight excluding hydrogens is 454 g/mol. The molecule has 5 rings (SSSR count). The topological polar surface area (TPSA) is 62.6 Å². The zero-order valence-electron chi connectivity index (χ0n) is 18.2. The first-order valence-corrected chi connectivity index (χ1v) is 12.5. The maximum absolute atomic E-state index is 13.6. The van der Waals surface area contributed by atoms with Crippen molar-refractivity contribution < 1.29 is 8.42 Å². The van der Waals surface area contributed by atoms with E-state index in [1.54, 1.807) is 30.3 Å². The van der Waals surface area contributed by atoms with Gasteiger partial charge in [-0.25, -0.2) is 4.98 Å². The molecule has 2 heterocycles. The van der Waals surface area contributed by atoms with Gasteiger partial charge in [-0.05, 0) is 43.2 Å². The predicted molar refractivity (Wildman–Crippen MR) is 132 cm³/mol. The number of hydrazone groups is 1. The van der Waals surface area contributed by atoms with Crippen LogP contribution in [0.5, 0.6) is 0 Å². The summed E-state index contributed by atoms with van der Waals surface area (Å²) in [7, 11) is -3.90. The molecule has 3 aromatic carbocycles. The van der Waals surface area contributed by atoms with Crippen molar-refractivity contribution in [2.24, 2.45) is 5.10 Å². The van der Waals surface area contributed by atoms with Crippen LogP contribution in [0.15, 0.2) is 88.9 Å². The van der Waals surface area contributed by atoms with E-state index in [-0.39, 0.29) is 10.0 Å². The standard InChI is InChI=1S/C26H22ClN3O2S/c1-17-11-13-19(14-12-17)23-16-24(30(29-23)33(31,32)21-9-4-3-5-10-21)22-15-20-8-6-7-18(2)25(20)28-26(22)27/h3-15,24H,16H2,1-2H3/t24-/m1/s1. The molecule has 0 radical (unpaired) electrons. The van der Waals surface area contributed by atoms with Crippen LogP contribution in [0.1, 0.15) is 34.7 Å². The number of sulfonamides is 1. The molecule has 1 aromatic heterocycles. The molecule has 1 aliphatic heterocycles. The van der Waals surface area contributed by atoms with E-state index in [1.165, 1.54) is 4.41 Å². The second kappa shape index (κ2) is 8.28. The summed E-state index contributed by atoms with van der Waals surface area (Å²) in [5.41, 5.74) is 5.16. The molecule has 33 heavy (non-hydrogen) atoms. The average Bonchev–Trinajstić information content (AvgIpc) is 3.26. The Balaban J connectivity index is 1.66. The highest BCUT2D eigenvalue weighted by Crippen LogP contribution is 2.40. The number of halogens is 1. The molecule has 7 heteroatoms. The molecule has 1 atom stereocenters. The van der Waals surface area contributed by atoms with Gasteiger partial charge in [0.1, 0.15) is 5.15 Å². The molecule has 0 bridgehead atoms. The number of fused-ring (bicyclic) bond motifs is 1. The molecule has 0 amide bonds. The summed E-state index contributed by atoms with van der Waals surface area (Å²) in [4.78, 5) is 4.80. The molecule has 0 unspecified atom stereocenters. The van der Waals surface area contributed by atoms with Crippen molar-refractivity contribution in [2.45, 2.75) is 31.2 Å². The molecule has 166 valence electrons. The van der Waals surface area contributed by atoms with E-state index in [2.05, 4.69) is 10.1 Å². The highest BCUT2D eigenvalue weighted by Gasteiger charge is 2.39. The van der Waals surface area contributed by atoms with E-state index >= 15 is 0 Å². The lowest BCUT2D eigenvalue weighted by Crippen LogP contribution is -2.27. The monoisotopic (exact) mass is 475 g/mol. The maximum Gasteiger partial charge on any atom is 0.279 e. The molecule has 5 nitrogen and oxygen atoms in total. The summed E-state index contributed by atoms with van der Waals surface area (Å²) in [6, 6.07) is 23.5. The van der Waals surface area contributed by atoms with Gasteiger partial charge in [0.25, 0.3) is 10.0 Å². The lowest BCUT2D eigenvalue weighted by molar-refractivity contribution is 0.371. The minimum atomic E-state index is -3.90. The Morgan fingerprint density at radius 1 is 0.939 bits per heavy atom. The van der Waals surface area contributed by atoms with Crippen molar-refractivity contribution in [2.75, 3.05) is 0 Å². The summed E-state index contributed by atoms with van der Waals surface area (Å²) in [5, 5.41) is 5.81. The van der Waals surface area contributed by atoms with Crippen molar-refractivity contribution >= 4 is 38.2 Å². The normalized spacial score (nSPS) is 16.3. The number of para-hydroxylation sites is 1. The summed E-state index contributed by atoms with van der Waals surface area (Å²) < 4.78 is 28.5. The van der Waals surface area contributed by atoms with Gasteiger partial charge < -0.3 is 0 Å². The Morgan fingerprint density at radius 3 is 2.39 bits per heavy atom. The maximum atomic E-state index is 13.6. The van der Waals surface area contributed by atoms with Crippen molar-refractivity contribution in [1.29, 1.82) is 0 Å². The molecule has 0 spiro atoms. The van der Waals surface area contributed by atoms with Crippen LogP contribution in [-0.2, 0) is 10.0 Å².